The van der Waals surface area contributed by atoms with Crippen LogP contribution in [0.15, 0.2) is 71.6 Å². The largest absolute Gasteiger partial charge is 0.493 e. The molecule has 0 fully saturated rings. The van der Waals surface area contributed by atoms with E-state index in [-0.39, 0.29) is 10.8 Å². The van der Waals surface area contributed by atoms with Gasteiger partial charge in [0.1, 0.15) is 0 Å². The zero-order valence-corrected chi connectivity index (χ0v) is 20.1. The minimum Gasteiger partial charge on any atom is -0.493 e. The molecule has 0 aliphatic heterocycles. The molecular formula is C25H26N2O6S. The maximum absolute atomic E-state index is 12.6. The molecule has 2 N–H and O–H groups in total. The third-order valence-electron chi connectivity index (χ3n) is 4.85. The Bertz CT molecular complexity index is 1260. The van der Waals surface area contributed by atoms with Crippen LogP contribution in [0.5, 0.6) is 17.2 Å². The van der Waals surface area contributed by atoms with Crippen LogP contribution in [0.3, 0.4) is 0 Å². The first-order valence-electron chi connectivity index (χ1n) is 10.2. The average Bonchev–Trinajstić information content (AvgIpc) is 2.83. The summed E-state index contributed by atoms with van der Waals surface area (Å²) >= 11 is 0. The smallest absolute Gasteiger partial charge is 0.261 e. The Balaban J connectivity index is 1.68. The van der Waals surface area contributed by atoms with Gasteiger partial charge in [-0.3, -0.25) is 9.52 Å². The first-order valence-corrected chi connectivity index (χ1v) is 11.7. The molecule has 1 amide bonds. The number of hydrogen-bond acceptors (Lipinski definition) is 6. The van der Waals surface area contributed by atoms with Gasteiger partial charge in [0.2, 0.25) is 11.7 Å². The van der Waals surface area contributed by atoms with Crippen molar-refractivity contribution in [2.45, 2.75) is 11.8 Å². The highest BCUT2D eigenvalue weighted by Crippen LogP contribution is 2.38. The first-order chi connectivity index (χ1) is 16.2. The van der Waals surface area contributed by atoms with Crippen molar-refractivity contribution >= 4 is 33.4 Å². The molecule has 0 saturated carbocycles. The van der Waals surface area contributed by atoms with Gasteiger partial charge in [0, 0.05) is 17.5 Å². The summed E-state index contributed by atoms with van der Waals surface area (Å²) in [7, 11) is 0.788. The lowest BCUT2D eigenvalue weighted by Crippen LogP contribution is -2.13. The molecule has 178 valence electrons. The second-order valence-corrected chi connectivity index (χ2v) is 8.96. The second-order valence-electron chi connectivity index (χ2n) is 7.28. The van der Waals surface area contributed by atoms with E-state index in [0.29, 0.717) is 34.2 Å². The molecule has 0 saturated heterocycles. The highest BCUT2D eigenvalue weighted by atomic mass is 32.2. The zero-order valence-electron chi connectivity index (χ0n) is 19.3. The maximum Gasteiger partial charge on any atom is 0.261 e. The number of rotatable bonds is 9. The molecular weight excluding hydrogens is 456 g/mol. The molecule has 0 aliphatic rings. The van der Waals surface area contributed by atoms with Crippen LogP contribution < -0.4 is 24.2 Å². The number of carbonyl (C=O) groups is 1. The summed E-state index contributed by atoms with van der Waals surface area (Å²) in [6, 6.07) is 16.4. The number of anilines is 2. The lowest BCUT2D eigenvalue weighted by molar-refractivity contribution is -0.111. The van der Waals surface area contributed by atoms with E-state index in [1.54, 1.807) is 30.3 Å². The fourth-order valence-corrected chi connectivity index (χ4v) is 4.17. The zero-order chi connectivity index (χ0) is 24.7. The second kappa shape index (κ2) is 10.8. The molecule has 3 aromatic rings. The van der Waals surface area contributed by atoms with E-state index >= 15 is 0 Å². The van der Waals surface area contributed by atoms with E-state index in [9.17, 15) is 13.2 Å². The van der Waals surface area contributed by atoms with Gasteiger partial charge >= 0.3 is 0 Å². The van der Waals surface area contributed by atoms with Gasteiger partial charge < -0.3 is 19.5 Å². The molecule has 3 aromatic carbocycles. The van der Waals surface area contributed by atoms with E-state index in [0.717, 1.165) is 5.56 Å². The Labute approximate surface area is 199 Å². The van der Waals surface area contributed by atoms with Gasteiger partial charge in [-0.05, 0) is 67.1 Å². The van der Waals surface area contributed by atoms with Gasteiger partial charge in [0.05, 0.1) is 26.2 Å². The number of ether oxygens (including phenoxy) is 3. The standard InChI is InChI=1S/C25H26N2O6S/c1-17-5-8-20(9-6-17)27-34(29,30)21-12-10-19(11-13-21)26-24(28)14-7-18-15-22(31-2)25(33-4)23(16-18)32-3/h5-16,27H,1-4H3,(H,26,28). The topological polar surface area (TPSA) is 103 Å². The van der Waals surface area contributed by atoms with Gasteiger partial charge in [-0.2, -0.15) is 0 Å². The number of benzene rings is 3. The Morgan fingerprint density at radius 1 is 0.824 bits per heavy atom. The molecule has 3 rings (SSSR count). The monoisotopic (exact) mass is 482 g/mol. The van der Waals surface area contributed by atoms with Gasteiger partial charge in [0.25, 0.3) is 10.0 Å². The van der Waals surface area contributed by atoms with Gasteiger partial charge in [-0.1, -0.05) is 17.7 Å². The quantitative estimate of drug-likeness (QED) is 0.436. The van der Waals surface area contributed by atoms with Crippen molar-refractivity contribution in [1.82, 2.24) is 0 Å². The van der Waals surface area contributed by atoms with Crippen molar-refractivity contribution in [3.8, 4) is 17.2 Å². The third kappa shape index (κ3) is 6.08. The van der Waals surface area contributed by atoms with Crippen molar-refractivity contribution in [3.63, 3.8) is 0 Å². The Morgan fingerprint density at radius 3 is 1.91 bits per heavy atom. The van der Waals surface area contributed by atoms with Crippen molar-refractivity contribution in [2.24, 2.45) is 0 Å². The van der Waals surface area contributed by atoms with E-state index in [1.807, 2.05) is 19.1 Å². The van der Waals surface area contributed by atoms with Crippen molar-refractivity contribution in [1.29, 1.82) is 0 Å². The number of aryl methyl sites for hydroxylation is 1. The van der Waals surface area contributed by atoms with Crippen LogP contribution in [0.4, 0.5) is 11.4 Å². The molecule has 0 spiro atoms. The van der Waals surface area contributed by atoms with E-state index in [4.69, 9.17) is 14.2 Å². The third-order valence-corrected chi connectivity index (χ3v) is 6.25. The molecule has 9 heteroatoms. The molecule has 8 nitrogen and oxygen atoms in total. The number of nitrogens with one attached hydrogen (secondary N) is 2. The highest BCUT2D eigenvalue weighted by Gasteiger charge is 2.15. The van der Waals surface area contributed by atoms with Crippen molar-refractivity contribution in [2.75, 3.05) is 31.4 Å². The van der Waals surface area contributed by atoms with Crippen LogP contribution >= 0.6 is 0 Å². The fraction of sp³-hybridized carbons (Fsp3) is 0.160. The van der Waals surface area contributed by atoms with Crippen LogP contribution in [0.1, 0.15) is 11.1 Å². The number of methoxy groups -OCH3 is 3. The molecule has 0 aliphatic carbocycles. The summed E-state index contributed by atoms with van der Waals surface area (Å²) in [5, 5.41) is 2.70. The minimum atomic E-state index is -3.75. The maximum atomic E-state index is 12.6. The lowest BCUT2D eigenvalue weighted by atomic mass is 10.1. The fourth-order valence-electron chi connectivity index (χ4n) is 3.11. The van der Waals surface area contributed by atoms with Gasteiger partial charge in [-0.25, -0.2) is 8.42 Å². The molecule has 0 radical (unpaired) electrons. The number of hydrogen-bond donors (Lipinski definition) is 2. The van der Waals surface area contributed by atoms with Crippen LogP contribution in [0.2, 0.25) is 0 Å². The summed E-state index contributed by atoms with van der Waals surface area (Å²) in [6.07, 6.45) is 2.95. The van der Waals surface area contributed by atoms with Gasteiger partial charge in [-0.15, -0.1) is 0 Å². The number of amides is 1. The Hall–Kier alpha value is -3.98. The van der Waals surface area contributed by atoms with Crippen LogP contribution in [-0.4, -0.2) is 35.7 Å². The summed E-state index contributed by atoms with van der Waals surface area (Å²) in [4.78, 5) is 12.4. The Kier molecular flexibility index (Phi) is 7.80. The summed E-state index contributed by atoms with van der Waals surface area (Å²) in [5.74, 6) is 1.01. The van der Waals surface area contributed by atoms with Gasteiger partial charge in [0.15, 0.2) is 11.5 Å². The average molecular weight is 483 g/mol. The molecule has 0 atom stereocenters. The van der Waals surface area contributed by atoms with E-state index in [1.165, 1.54) is 51.7 Å². The molecule has 0 bridgehead atoms. The summed E-state index contributed by atoms with van der Waals surface area (Å²) in [5.41, 5.74) is 2.63. The molecule has 34 heavy (non-hydrogen) atoms. The molecule has 0 heterocycles. The van der Waals surface area contributed by atoms with E-state index < -0.39 is 10.0 Å². The molecule has 0 unspecified atom stereocenters. The number of carbonyl (C=O) groups excluding carboxylic acids is 1. The normalized spacial score (nSPS) is 11.2. The minimum absolute atomic E-state index is 0.0824. The Morgan fingerprint density at radius 2 is 1.38 bits per heavy atom. The highest BCUT2D eigenvalue weighted by molar-refractivity contribution is 7.92. The summed E-state index contributed by atoms with van der Waals surface area (Å²) in [6.45, 7) is 1.92. The SMILES string of the molecule is COc1cc(C=CC(=O)Nc2ccc(S(=O)(=O)Nc3ccc(C)cc3)cc2)cc(OC)c1OC. The van der Waals surface area contributed by atoms with Crippen LogP contribution in [-0.2, 0) is 14.8 Å². The summed E-state index contributed by atoms with van der Waals surface area (Å²) < 4.78 is 43.6. The first kappa shape index (κ1) is 24.7. The predicted molar refractivity (Wildman–Crippen MR) is 132 cm³/mol. The predicted octanol–water partition coefficient (Wildman–Crippen LogP) is 4.47. The van der Waals surface area contributed by atoms with Crippen molar-refractivity contribution in [3.05, 3.63) is 77.9 Å². The molecule has 0 aromatic heterocycles. The van der Waals surface area contributed by atoms with Crippen LogP contribution in [0.25, 0.3) is 6.08 Å². The number of sulfonamides is 1. The van der Waals surface area contributed by atoms with Crippen molar-refractivity contribution < 1.29 is 27.4 Å². The van der Waals surface area contributed by atoms with Crippen LogP contribution in [0, 0.1) is 6.92 Å². The lowest BCUT2D eigenvalue weighted by Gasteiger charge is -2.12. The van der Waals surface area contributed by atoms with E-state index in [2.05, 4.69) is 10.0 Å².